The first kappa shape index (κ1) is 15.7. The van der Waals surface area contributed by atoms with Crippen molar-refractivity contribution in [1.82, 2.24) is 0 Å². The van der Waals surface area contributed by atoms with E-state index in [1.54, 1.807) is 0 Å². The molecule has 7 heavy (non-hydrogen) atoms. The standard InChI is InChI=1S/CH3O.Na.HO3P/c1-2;;1-4(2)3/h2H,1H2;;(H-,1,2,3)/q-1;+1;/p+1. The third-order valence-corrected chi connectivity index (χ3v) is 0. The van der Waals surface area contributed by atoms with Gasteiger partial charge in [0.1, 0.15) is 0 Å². The van der Waals surface area contributed by atoms with Crippen molar-refractivity contribution < 1.29 is 49.0 Å². The average molecular weight is 135 g/mol. The fraction of sp³-hybridized carbons (Fsp3) is 0. The van der Waals surface area contributed by atoms with E-state index in [1.807, 2.05) is 0 Å². The van der Waals surface area contributed by atoms with Crippen molar-refractivity contribution >= 4 is 8.25 Å². The minimum absolute atomic E-state index is 0. The average Bonchev–Trinajstić information content (AvgIpc) is 1.41. The van der Waals surface area contributed by atoms with Crippen molar-refractivity contribution in [2.24, 2.45) is 0 Å². The first-order valence-corrected chi connectivity index (χ1v) is 2.06. The van der Waals surface area contributed by atoms with Gasteiger partial charge in [0.2, 0.25) is 0 Å². The molecule has 0 saturated heterocycles. The first-order valence-electron chi connectivity index (χ1n) is 0.899. The summed E-state index contributed by atoms with van der Waals surface area (Å²) in [6, 6.07) is 0. The van der Waals surface area contributed by atoms with Crippen molar-refractivity contribution in [2.75, 3.05) is 0 Å². The Morgan fingerprint density at radius 1 is 1.29 bits per heavy atom. The van der Waals surface area contributed by atoms with Crippen LogP contribution in [0.5, 0.6) is 0 Å². The van der Waals surface area contributed by atoms with Crippen LogP contribution in [0.2, 0.25) is 0 Å². The largest absolute Gasteiger partial charge is 1.00 e. The van der Waals surface area contributed by atoms with Crippen LogP contribution in [-0.2, 0) is 4.57 Å². The summed E-state index contributed by atoms with van der Waals surface area (Å²) in [5, 5.41) is 6.75. The minimum atomic E-state index is -2.87. The minimum Gasteiger partial charge on any atom is -0.569 e. The van der Waals surface area contributed by atoms with Gasteiger partial charge in [0.05, 0.1) is 0 Å². The van der Waals surface area contributed by atoms with E-state index in [1.165, 1.54) is 0 Å². The molecule has 0 aromatic carbocycles. The molecule has 0 spiro atoms. The van der Waals surface area contributed by atoms with Crippen LogP contribution in [0.4, 0.5) is 0 Å². The maximum Gasteiger partial charge on any atom is 1.00 e. The number of hydrogen-bond donors (Lipinski definition) is 3. The molecule has 38 valence electrons. The normalized spacial score (nSPS) is 4.57. The monoisotopic (exact) mass is 135 g/mol. The molecule has 4 nitrogen and oxygen atoms in total. The SMILES string of the molecule is O=[P+](O)O.[CH2-]O.[Na+]. The predicted octanol–water partition coefficient (Wildman–Crippen LogP) is -3.22. The number of hydrogen-bond acceptors (Lipinski definition) is 2. The summed E-state index contributed by atoms with van der Waals surface area (Å²) >= 11 is 0. The number of aliphatic hydroxyl groups is 1. The Kier molecular flexibility index (Phi) is 35.3. The van der Waals surface area contributed by atoms with Gasteiger partial charge in [-0.3, -0.25) is 0 Å². The van der Waals surface area contributed by atoms with Gasteiger partial charge in [-0.2, -0.15) is 0 Å². The zero-order valence-corrected chi connectivity index (χ0v) is 6.80. The number of rotatable bonds is 0. The molecule has 6 heteroatoms. The fourth-order valence-electron chi connectivity index (χ4n) is 0. The van der Waals surface area contributed by atoms with E-state index in [0.29, 0.717) is 0 Å². The summed E-state index contributed by atoms with van der Waals surface area (Å²) in [4.78, 5) is 14.2. The van der Waals surface area contributed by atoms with Crippen molar-refractivity contribution in [3.05, 3.63) is 7.11 Å². The van der Waals surface area contributed by atoms with Crippen LogP contribution in [0.1, 0.15) is 0 Å². The molecule has 0 radical (unpaired) electrons. The summed E-state index contributed by atoms with van der Waals surface area (Å²) in [6.45, 7) is 0. The second kappa shape index (κ2) is 15.8. The van der Waals surface area contributed by atoms with Crippen molar-refractivity contribution in [3.63, 3.8) is 0 Å². The van der Waals surface area contributed by atoms with E-state index in [-0.39, 0.29) is 29.6 Å². The summed E-state index contributed by atoms with van der Waals surface area (Å²) in [5.74, 6) is 0. The second-order valence-electron chi connectivity index (χ2n) is 0.253. The zero-order valence-electron chi connectivity index (χ0n) is 3.90. The maximum absolute atomic E-state index is 8.70. The summed E-state index contributed by atoms with van der Waals surface area (Å²) in [5.41, 5.74) is 0. The third kappa shape index (κ3) is 180. The Hall–Kier alpha value is 0.980. The Morgan fingerprint density at radius 3 is 1.29 bits per heavy atom. The van der Waals surface area contributed by atoms with Gasteiger partial charge in [0.15, 0.2) is 0 Å². The Balaban J connectivity index is -0.0000000480. The summed E-state index contributed by atoms with van der Waals surface area (Å²) in [7, 11) is -0.620. The van der Waals surface area contributed by atoms with Gasteiger partial charge in [0.25, 0.3) is 0 Å². The molecular formula is CH5NaO4P+. The van der Waals surface area contributed by atoms with Gasteiger partial charge in [-0.15, -0.1) is 9.79 Å². The van der Waals surface area contributed by atoms with Crippen molar-refractivity contribution in [2.45, 2.75) is 0 Å². The molecule has 0 aromatic rings. The van der Waals surface area contributed by atoms with Crippen LogP contribution < -0.4 is 29.6 Å². The van der Waals surface area contributed by atoms with Crippen LogP contribution in [0.15, 0.2) is 0 Å². The second-order valence-corrected chi connectivity index (χ2v) is 0.758. The molecule has 0 heterocycles. The molecule has 0 fully saturated rings. The van der Waals surface area contributed by atoms with Gasteiger partial charge in [-0.1, -0.05) is 0 Å². The maximum atomic E-state index is 8.70. The molecule has 3 N–H and O–H groups in total. The van der Waals surface area contributed by atoms with Crippen LogP contribution in [0.3, 0.4) is 0 Å². The summed E-state index contributed by atoms with van der Waals surface area (Å²) in [6.07, 6.45) is 0. The van der Waals surface area contributed by atoms with E-state index in [9.17, 15) is 0 Å². The van der Waals surface area contributed by atoms with E-state index < -0.39 is 8.25 Å². The molecule has 0 bridgehead atoms. The van der Waals surface area contributed by atoms with Gasteiger partial charge in [-0.25, -0.2) is 7.11 Å². The van der Waals surface area contributed by atoms with Crippen LogP contribution in [0, 0.1) is 7.11 Å². The molecule has 0 aliphatic carbocycles. The fourth-order valence-corrected chi connectivity index (χ4v) is 0. The van der Waals surface area contributed by atoms with Gasteiger partial charge >= 0.3 is 37.8 Å². The molecule has 0 aromatic heterocycles. The predicted molar refractivity (Wildman–Crippen MR) is 19.3 cm³/mol. The van der Waals surface area contributed by atoms with Crippen molar-refractivity contribution in [1.29, 1.82) is 0 Å². The van der Waals surface area contributed by atoms with Gasteiger partial charge < -0.3 is 5.11 Å². The van der Waals surface area contributed by atoms with Crippen LogP contribution in [-0.4, -0.2) is 14.9 Å². The van der Waals surface area contributed by atoms with Gasteiger partial charge in [0, 0.05) is 4.57 Å². The Morgan fingerprint density at radius 2 is 1.29 bits per heavy atom. The van der Waals surface area contributed by atoms with Crippen LogP contribution >= 0.6 is 8.25 Å². The van der Waals surface area contributed by atoms with E-state index in [4.69, 9.17) is 19.5 Å². The third-order valence-electron chi connectivity index (χ3n) is 0. The van der Waals surface area contributed by atoms with E-state index in [2.05, 4.69) is 7.11 Å². The number of aliphatic hydroxyl groups excluding tert-OH is 1. The van der Waals surface area contributed by atoms with E-state index >= 15 is 0 Å². The van der Waals surface area contributed by atoms with E-state index in [0.717, 1.165) is 0 Å². The first-order chi connectivity index (χ1) is 2.73. The summed E-state index contributed by atoms with van der Waals surface area (Å²) < 4.78 is 8.70. The molecule has 0 amide bonds. The molecule has 0 aliphatic heterocycles. The Labute approximate surface area is 64.4 Å². The smallest absolute Gasteiger partial charge is 0.569 e. The molecule has 0 atom stereocenters. The molecule has 0 saturated carbocycles. The molecule has 0 rings (SSSR count). The van der Waals surface area contributed by atoms with Crippen molar-refractivity contribution in [3.8, 4) is 0 Å². The molecule has 0 unspecified atom stereocenters. The zero-order chi connectivity index (χ0) is 5.58. The van der Waals surface area contributed by atoms with Crippen LogP contribution in [0.25, 0.3) is 0 Å². The molecular weight excluding hydrogens is 130 g/mol. The van der Waals surface area contributed by atoms with Gasteiger partial charge in [-0.05, 0) is 0 Å². The molecule has 0 aliphatic rings. The topological polar surface area (TPSA) is 77.8 Å². The quantitative estimate of drug-likeness (QED) is 0.185. The Bertz CT molecular complexity index is 34.7.